The summed E-state index contributed by atoms with van der Waals surface area (Å²) in [5.41, 5.74) is 0. The first-order valence-corrected chi connectivity index (χ1v) is 5.96. The van der Waals surface area contributed by atoms with Gasteiger partial charge in [0.25, 0.3) is 0 Å². The summed E-state index contributed by atoms with van der Waals surface area (Å²) in [5.74, 6) is 1.05. The highest BCUT2D eigenvalue weighted by Gasteiger charge is 2.07. The Hall–Kier alpha value is -0.870. The molecule has 1 aromatic rings. The molecule has 1 atom stereocenters. The topological polar surface area (TPSA) is 58.0 Å². The van der Waals surface area contributed by atoms with Crippen molar-refractivity contribution in [3.05, 3.63) is 17.4 Å². The van der Waals surface area contributed by atoms with Crippen molar-refractivity contribution in [2.75, 3.05) is 18.5 Å². The lowest BCUT2D eigenvalue weighted by Gasteiger charge is -2.15. The third-order valence-corrected chi connectivity index (χ3v) is 2.60. The summed E-state index contributed by atoms with van der Waals surface area (Å²) in [7, 11) is 0. The van der Waals surface area contributed by atoms with Crippen LogP contribution in [0, 0.1) is 5.92 Å². The molecule has 16 heavy (non-hydrogen) atoms. The lowest BCUT2D eigenvalue weighted by molar-refractivity contribution is 0.255. The molecule has 0 aromatic carbocycles. The maximum absolute atomic E-state index is 8.92. The summed E-state index contributed by atoms with van der Waals surface area (Å²) in [6.45, 7) is 3.16. The Morgan fingerprint density at radius 2 is 2.06 bits per heavy atom. The third-order valence-electron chi connectivity index (χ3n) is 2.40. The highest BCUT2D eigenvalue weighted by molar-refractivity contribution is 6.30. The number of aliphatic hydroxyl groups is 1. The highest BCUT2D eigenvalue weighted by atomic mass is 35.5. The fourth-order valence-electron chi connectivity index (χ4n) is 1.58. The van der Waals surface area contributed by atoms with Gasteiger partial charge in [0.1, 0.15) is 0 Å². The Morgan fingerprint density at radius 3 is 2.62 bits per heavy atom. The lowest BCUT2D eigenvalue weighted by Crippen LogP contribution is -2.16. The van der Waals surface area contributed by atoms with Crippen LogP contribution in [-0.4, -0.2) is 28.2 Å². The number of hydrogen-bond donors (Lipinski definition) is 2. The predicted octanol–water partition coefficient (Wildman–Crippen LogP) is 2.34. The fourth-order valence-corrected chi connectivity index (χ4v) is 1.68. The molecule has 4 nitrogen and oxygen atoms in total. The van der Waals surface area contributed by atoms with Gasteiger partial charge in [-0.25, -0.2) is 9.97 Å². The smallest absolute Gasteiger partial charge is 0.222 e. The molecule has 0 fully saturated rings. The van der Waals surface area contributed by atoms with Crippen LogP contribution in [-0.2, 0) is 0 Å². The molecule has 1 unspecified atom stereocenters. The minimum absolute atomic E-state index is 0.230. The van der Waals surface area contributed by atoms with Gasteiger partial charge in [-0.05, 0) is 18.8 Å². The van der Waals surface area contributed by atoms with E-state index in [0.717, 1.165) is 25.8 Å². The first kappa shape index (κ1) is 13.2. The van der Waals surface area contributed by atoms with Gasteiger partial charge in [-0.3, -0.25) is 0 Å². The Kier molecular flexibility index (Phi) is 6.11. The van der Waals surface area contributed by atoms with E-state index >= 15 is 0 Å². The van der Waals surface area contributed by atoms with E-state index < -0.39 is 0 Å². The lowest BCUT2D eigenvalue weighted by atomic mass is 10.0. The second-order valence-electron chi connectivity index (χ2n) is 3.77. The van der Waals surface area contributed by atoms with E-state index in [2.05, 4.69) is 22.2 Å². The average molecular weight is 244 g/mol. The van der Waals surface area contributed by atoms with Crippen molar-refractivity contribution in [3.63, 3.8) is 0 Å². The molecule has 1 heterocycles. The van der Waals surface area contributed by atoms with E-state index in [1.54, 1.807) is 12.4 Å². The van der Waals surface area contributed by atoms with E-state index in [1.807, 2.05) is 0 Å². The summed E-state index contributed by atoms with van der Waals surface area (Å²) in [6.07, 6.45) is 6.17. The molecule has 0 aliphatic carbocycles. The van der Waals surface area contributed by atoms with Gasteiger partial charge < -0.3 is 10.4 Å². The van der Waals surface area contributed by atoms with E-state index in [9.17, 15) is 0 Å². The van der Waals surface area contributed by atoms with Crippen molar-refractivity contribution < 1.29 is 5.11 Å². The minimum atomic E-state index is 0.230. The van der Waals surface area contributed by atoms with Crippen molar-refractivity contribution >= 4 is 17.5 Å². The fraction of sp³-hybridized carbons (Fsp3) is 0.636. The molecule has 0 aliphatic rings. The molecule has 1 rings (SSSR count). The number of nitrogens with one attached hydrogen (secondary N) is 1. The normalized spacial score (nSPS) is 12.4. The first-order chi connectivity index (χ1) is 7.76. The number of halogens is 1. The Balaban J connectivity index is 2.38. The van der Waals surface area contributed by atoms with Gasteiger partial charge in [-0.15, -0.1) is 0 Å². The first-order valence-electron chi connectivity index (χ1n) is 5.58. The third kappa shape index (κ3) is 4.77. The van der Waals surface area contributed by atoms with E-state index in [0.29, 0.717) is 16.9 Å². The molecule has 0 spiro atoms. The Morgan fingerprint density at radius 1 is 1.38 bits per heavy atom. The van der Waals surface area contributed by atoms with E-state index in [1.165, 1.54) is 0 Å². The van der Waals surface area contributed by atoms with Crippen LogP contribution >= 0.6 is 11.6 Å². The van der Waals surface area contributed by atoms with Crippen molar-refractivity contribution in [1.29, 1.82) is 0 Å². The summed E-state index contributed by atoms with van der Waals surface area (Å²) in [5, 5.41) is 12.6. The molecule has 2 N–H and O–H groups in total. The second-order valence-corrected chi connectivity index (χ2v) is 4.21. The molecule has 0 saturated heterocycles. The molecule has 1 aromatic heterocycles. The molecular formula is C11H18ClN3O. The zero-order valence-electron chi connectivity index (χ0n) is 9.49. The minimum Gasteiger partial charge on any atom is -0.396 e. The molecule has 5 heteroatoms. The number of rotatable bonds is 7. The molecule has 0 aliphatic heterocycles. The van der Waals surface area contributed by atoms with Crippen LogP contribution in [0.25, 0.3) is 0 Å². The molecule has 0 amide bonds. The van der Waals surface area contributed by atoms with Crippen molar-refractivity contribution in [3.8, 4) is 0 Å². The Bertz CT molecular complexity index is 286. The van der Waals surface area contributed by atoms with Crippen LogP contribution in [0.2, 0.25) is 5.02 Å². The predicted molar refractivity (Wildman–Crippen MR) is 65.6 cm³/mol. The quantitative estimate of drug-likeness (QED) is 0.772. The molecule has 0 radical (unpaired) electrons. The molecule has 0 bridgehead atoms. The van der Waals surface area contributed by atoms with Crippen molar-refractivity contribution in [1.82, 2.24) is 9.97 Å². The van der Waals surface area contributed by atoms with Crippen LogP contribution < -0.4 is 5.32 Å². The standard InChI is InChI=1S/C11H18ClN3O/c1-2-3-9(4-5-16)6-13-11-14-7-10(12)8-15-11/h7-9,16H,2-6H2,1H3,(H,13,14,15). The monoisotopic (exact) mass is 243 g/mol. The van der Waals surface area contributed by atoms with Crippen LogP contribution in [0.4, 0.5) is 5.95 Å². The number of nitrogens with zero attached hydrogens (tertiary/aromatic N) is 2. The van der Waals surface area contributed by atoms with Gasteiger partial charge in [-0.2, -0.15) is 0 Å². The van der Waals surface area contributed by atoms with Gasteiger partial charge in [0.2, 0.25) is 5.95 Å². The van der Waals surface area contributed by atoms with Gasteiger partial charge >= 0.3 is 0 Å². The van der Waals surface area contributed by atoms with Crippen LogP contribution in [0.15, 0.2) is 12.4 Å². The summed E-state index contributed by atoms with van der Waals surface area (Å²) in [4.78, 5) is 8.11. The number of hydrogen-bond acceptors (Lipinski definition) is 4. The summed E-state index contributed by atoms with van der Waals surface area (Å²) < 4.78 is 0. The largest absolute Gasteiger partial charge is 0.396 e. The van der Waals surface area contributed by atoms with Crippen molar-refractivity contribution in [2.45, 2.75) is 26.2 Å². The number of aliphatic hydroxyl groups excluding tert-OH is 1. The Labute approximate surface area is 101 Å². The molecular weight excluding hydrogens is 226 g/mol. The molecule has 0 saturated carbocycles. The zero-order valence-corrected chi connectivity index (χ0v) is 10.2. The maximum Gasteiger partial charge on any atom is 0.222 e. The van der Waals surface area contributed by atoms with Crippen molar-refractivity contribution in [2.24, 2.45) is 5.92 Å². The molecule has 90 valence electrons. The number of aromatic nitrogens is 2. The van der Waals surface area contributed by atoms with Gasteiger partial charge in [0.05, 0.1) is 17.4 Å². The van der Waals surface area contributed by atoms with Gasteiger partial charge in [0, 0.05) is 13.2 Å². The average Bonchev–Trinajstić information content (AvgIpc) is 2.29. The second kappa shape index (κ2) is 7.41. The van der Waals surface area contributed by atoms with Crippen LogP contribution in [0.1, 0.15) is 26.2 Å². The van der Waals surface area contributed by atoms with Gasteiger partial charge in [0.15, 0.2) is 0 Å². The highest BCUT2D eigenvalue weighted by Crippen LogP contribution is 2.12. The number of anilines is 1. The summed E-state index contributed by atoms with van der Waals surface area (Å²) >= 11 is 5.69. The van der Waals surface area contributed by atoms with E-state index in [-0.39, 0.29) is 6.61 Å². The van der Waals surface area contributed by atoms with Gasteiger partial charge in [-0.1, -0.05) is 24.9 Å². The van der Waals surface area contributed by atoms with Crippen LogP contribution in [0.5, 0.6) is 0 Å². The zero-order chi connectivity index (χ0) is 11.8. The SMILES string of the molecule is CCCC(CCO)CNc1ncc(Cl)cn1. The summed E-state index contributed by atoms with van der Waals surface area (Å²) in [6, 6.07) is 0. The van der Waals surface area contributed by atoms with E-state index in [4.69, 9.17) is 16.7 Å². The maximum atomic E-state index is 8.92. The van der Waals surface area contributed by atoms with Crippen LogP contribution in [0.3, 0.4) is 0 Å².